The molecule has 1 fully saturated rings. The average molecular weight is 277 g/mol. The van der Waals surface area contributed by atoms with E-state index in [1.807, 2.05) is 12.4 Å². The standard InChI is InChI=1S/C16H27N3O/c1-4-19-15(14-10-17-12-18-11-14)16(20-5-2)8-6-13(3)7-9-16/h10-13,15,19H,4-9H2,1-3H3. The molecule has 112 valence electrons. The van der Waals surface area contributed by atoms with Crippen molar-refractivity contribution in [1.82, 2.24) is 15.3 Å². The van der Waals surface area contributed by atoms with Gasteiger partial charge in [0.25, 0.3) is 0 Å². The molecule has 1 N–H and O–H groups in total. The number of aromatic nitrogens is 2. The van der Waals surface area contributed by atoms with Crippen LogP contribution in [0.2, 0.25) is 0 Å². The van der Waals surface area contributed by atoms with Gasteiger partial charge in [-0.2, -0.15) is 0 Å². The predicted octanol–water partition coefficient (Wildman–Crippen LogP) is 3.11. The van der Waals surface area contributed by atoms with Gasteiger partial charge in [0, 0.05) is 24.6 Å². The number of likely N-dealkylation sites (N-methyl/N-ethyl adjacent to an activating group) is 1. The molecule has 1 aromatic rings. The van der Waals surface area contributed by atoms with E-state index in [9.17, 15) is 0 Å². The lowest BCUT2D eigenvalue weighted by atomic mass is 9.73. The SMILES string of the molecule is CCNC(c1cncnc1)C1(OCC)CCC(C)CC1. The molecule has 1 aliphatic carbocycles. The van der Waals surface area contributed by atoms with Gasteiger partial charge in [0.1, 0.15) is 6.33 Å². The molecule has 0 saturated heterocycles. The van der Waals surface area contributed by atoms with Crippen molar-refractivity contribution in [1.29, 1.82) is 0 Å². The van der Waals surface area contributed by atoms with Crippen molar-refractivity contribution in [3.8, 4) is 0 Å². The van der Waals surface area contributed by atoms with Crippen LogP contribution in [0.15, 0.2) is 18.7 Å². The minimum Gasteiger partial charge on any atom is -0.373 e. The third kappa shape index (κ3) is 3.36. The summed E-state index contributed by atoms with van der Waals surface area (Å²) in [5.41, 5.74) is 1.03. The van der Waals surface area contributed by atoms with Crippen LogP contribution < -0.4 is 5.32 Å². The van der Waals surface area contributed by atoms with Gasteiger partial charge >= 0.3 is 0 Å². The first-order chi connectivity index (χ1) is 9.72. The molecule has 1 heterocycles. The first kappa shape index (κ1) is 15.4. The van der Waals surface area contributed by atoms with E-state index in [-0.39, 0.29) is 11.6 Å². The number of nitrogens with one attached hydrogen (secondary N) is 1. The van der Waals surface area contributed by atoms with Crippen molar-refractivity contribution < 1.29 is 4.74 Å². The van der Waals surface area contributed by atoms with Gasteiger partial charge in [-0.15, -0.1) is 0 Å². The lowest BCUT2D eigenvalue weighted by Crippen LogP contribution is -2.48. The van der Waals surface area contributed by atoms with Gasteiger partial charge in [0.05, 0.1) is 11.6 Å². The molecule has 1 saturated carbocycles. The molecule has 0 aromatic carbocycles. The third-order valence-electron chi connectivity index (χ3n) is 4.40. The molecule has 4 heteroatoms. The fourth-order valence-electron chi connectivity index (χ4n) is 3.33. The second-order valence-electron chi connectivity index (χ2n) is 5.84. The minimum atomic E-state index is -0.109. The Labute approximate surface area is 122 Å². The Bertz CT molecular complexity index is 388. The Morgan fingerprint density at radius 1 is 1.30 bits per heavy atom. The topological polar surface area (TPSA) is 47.0 Å². The molecule has 1 atom stereocenters. The molecule has 0 bridgehead atoms. The van der Waals surface area contributed by atoms with Gasteiger partial charge in [-0.25, -0.2) is 9.97 Å². The largest absolute Gasteiger partial charge is 0.373 e. The van der Waals surface area contributed by atoms with Crippen molar-refractivity contribution in [3.63, 3.8) is 0 Å². The van der Waals surface area contributed by atoms with Crippen LogP contribution in [0.4, 0.5) is 0 Å². The maximum absolute atomic E-state index is 6.27. The van der Waals surface area contributed by atoms with E-state index in [4.69, 9.17) is 4.74 Å². The van der Waals surface area contributed by atoms with E-state index >= 15 is 0 Å². The van der Waals surface area contributed by atoms with E-state index in [1.54, 1.807) is 6.33 Å². The summed E-state index contributed by atoms with van der Waals surface area (Å²) in [6.07, 6.45) is 10.1. The third-order valence-corrected chi connectivity index (χ3v) is 4.40. The summed E-state index contributed by atoms with van der Waals surface area (Å²) < 4.78 is 6.27. The Hall–Kier alpha value is -1.00. The van der Waals surface area contributed by atoms with Crippen molar-refractivity contribution in [3.05, 3.63) is 24.3 Å². The van der Waals surface area contributed by atoms with Crippen LogP contribution in [-0.4, -0.2) is 28.7 Å². The summed E-state index contributed by atoms with van der Waals surface area (Å²) in [4.78, 5) is 8.36. The van der Waals surface area contributed by atoms with Gasteiger partial charge in [-0.3, -0.25) is 0 Å². The molecule has 0 amide bonds. The molecule has 20 heavy (non-hydrogen) atoms. The summed E-state index contributed by atoms with van der Waals surface area (Å²) >= 11 is 0. The normalized spacial score (nSPS) is 28.2. The van der Waals surface area contributed by atoms with Gasteiger partial charge in [-0.05, 0) is 45.1 Å². The number of ether oxygens (including phenoxy) is 1. The van der Waals surface area contributed by atoms with Crippen LogP contribution in [0.3, 0.4) is 0 Å². The summed E-state index contributed by atoms with van der Waals surface area (Å²) in [5, 5.41) is 3.60. The smallest absolute Gasteiger partial charge is 0.115 e. The first-order valence-corrected chi connectivity index (χ1v) is 7.84. The Balaban J connectivity index is 2.27. The lowest BCUT2D eigenvalue weighted by molar-refractivity contribution is -0.0974. The zero-order chi connectivity index (χ0) is 14.4. The minimum absolute atomic E-state index is 0.109. The fraction of sp³-hybridized carbons (Fsp3) is 0.750. The molecular weight excluding hydrogens is 250 g/mol. The lowest BCUT2D eigenvalue weighted by Gasteiger charge is -2.45. The molecule has 2 rings (SSSR count). The van der Waals surface area contributed by atoms with E-state index in [0.29, 0.717) is 0 Å². The monoisotopic (exact) mass is 277 g/mol. The van der Waals surface area contributed by atoms with Crippen LogP contribution in [0, 0.1) is 5.92 Å². The van der Waals surface area contributed by atoms with Crippen molar-refractivity contribution in [2.45, 2.75) is 58.1 Å². The van der Waals surface area contributed by atoms with Gasteiger partial charge in [-0.1, -0.05) is 13.8 Å². The van der Waals surface area contributed by atoms with E-state index in [2.05, 4.69) is 36.1 Å². The maximum Gasteiger partial charge on any atom is 0.115 e. The second-order valence-corrected chi connectivity index (χ2v) is 5.84. The number of nitrogens with zero attached hydrogens (tertiary/aromatic N) is 2. The predicted molar refractivity (Wildman–Crippen MR) is 80.4 cm³/mol. The Morgan fingerprint density at radius 2 is 1.95 bits per heavy atom. The Morgan fingerprint density at radius 3 is 2.50 bits per heavy atom. The summed E-state index contributed by atoms with van der Waals surface area (Å²) in [6.45, 7) is 8.24. The summed E-state index contributed by atoms with van der Waals surface area (Å²) in [7, 11) is 0. The zero-order valence-electron chi connectivity index (χ0n) is 12.9. The molecule has 1 aromatic heterocycles. The van der Waals surface area contributed by atoms with Crippen molar-refractivity contribution in [2.24, 2.45) is 5.92 Å². The maximum atomic E-state index is 6.27. The summed E-state index contributed by atoms with van der Waals surface area (Å²) in [6, 6.07) is 0.182. The average Bonchev–Trinajstić information content (AvgIpc) is 2.49. The highest BCUT2D eigenvalue weighted by Gasteiger charge is 2.42. The fourth-order valence-corrected chi connectivity index (χ4v) is 3.33. The van der Waals surface area contributed by atoms with Crippen LogP contribution in [-0.2, 0) is 4.74 Å². The molecule has 0 radical (unpaired) electrons. The highest BCUT2D eigenvalue weighted by molar-refractivity contribution is 5.16. The highest BCUT2D eigenvalue weighted by Crippen LogP contribution is 2.43. The van der Waals surface area contributed by atoms with Gasteiger partial charge in [0.15, 0.2) is 0 Å². The van der Waals surface area contributed by atoms with E-state index < -0.39 is 0 Å². The van der Waals surface area contributed by atoms with Crippen LogP contribution in [0.25, 0.3) is 0 Å². The summed E-state index contributed by atoms with van der Waals surface area (Å²) in [5.74, 6) is 0.804. The highest BCUT2D eigenvalue weighted by atomic mass is 16.5. The van der Waals surface area contributed by atoms with Gasteiger partial charge < -0.3 is 10.1 Å². The number of hydrogen-bond donors (Lipinski definition) is 1. The molecule has 1 aliphatic rings. The molecule has 0 aliphatic heterocycles. The molecule has 4 nitrogen and oxygen atoms in total. The quantitative estimate of drug-likeness (QED) is 0.868. The second kappa shape index (κ2) is 7.14. The molecule has 0 spiro atoms. The Kier molecular flexibility index (Phi) is 5.49. The van der Waals surface area contributed by atoms with Crippen molar-refractivity contribution >= 4 is 0 Å². The van der Waals surface area contributed by atoms with Crippen molar-refractivity contribution in [2.75, 3.05) is 13.2 Å². The first-order valence-electron chi connectivity index (χ1n) is 7.84. The van der Waals surface area contributed by atoms with Crippen LogP contribution in [0.1, 0.15) is 58.1 Å². The number of hydrogen-bond acceptors (Lipinski definition) is 4. The van der Waals surface area contributed by atoms with Crippen LogP contribution in [0.5, 0.6) is 0 Å². The number of rotatable bonds is 6. The van der Waals surface area contributed by atoms with E-state index in [0.717, 1.165) is 37.5 Å². The molecular formula is C16H27N3O. The van der Waals surface area contributed by atoms with Crippen LogP contribution >= 0.6 is 0 Å². The van der Waals surface area contributed by atoms with Gasteiger partial charge in [0.2, 0.25) is 0 Å². The van der Waals surface area contributed by atoms with E-state index in [1.165, 1.54) is 12.8 Å². The zero-order valence-corrected chi connectivity index (χ0v) is 12.9. The molecule has 1 unspecified atom stereocenters.